The Bertz CT molecular complexity index is 1080. The Morgan fingerprint density at radius 3 is 2.37 bits per heavy atom. The molecule has 3 aromatic rings. The van der Waals surface area contributed by atoms with Crippen molar-refractivity contribution < 1.29 is 9.53 Å². The third kappa shape index (κ3) is 5.56. The van der Waals surface area contributed by atoms with Crippen LogP contribution in [0.1, 0.15) is 17.0 Å². The Hall–Kier alpha value is -3.41. The second-order valence-electron chi connectivity index (χ2n) is 6.02. The minimum atomic E-state index is -0.465. The zero-order valence-electron chi connectivity index (χ0n) is 15.8. The fourth-order valence-electron chi connectivity index (χ4n) is 2.47. The van der Waals surface area contributed by atoms with Gasteiger partial charge in [-0.2, -0.15) is 20.2 Å². The highest BCUT2D eigenvalue weighted by Crippen LogP contribution is 2.26. The van der Waals surface area contributed by atoms with Crippen molar-refractivity contribution in [2.24, 2.45) is 0 Å². The molecule has 0 aliphatic rings. The molecule has 152 valence electrons. The molecule has 0 saturated carbocycles. The Morgan fingerprint density at radius 2 is 1.73 bits per heavy atom. The fraction of sp³-hybridized carbons (Fsp3) is 0.150. The smallest absolute Gasteiger partial charge is 0.325 e. The zero-order valence-corrected chi connectivity index (χ0v) is 17.3. The van der Waals surface area contributed by atoms with Crippen LogP contribution in [0.2, 0.25) is 10.0 Å². The first-order valence-electron chi connectivity index (χ1n) is 8.74. The molecule has 2 N–H and O–H groups in total. The number of anilines is 3. The highest BCUT2D eigenvalue weighted by atomic mass is 35.5. The second kappa shape index (κ2) is 9.87. The lowest BCUT2D eigenvalue weighted by Crippen LogP contribution is -2.18. The van der Waals surface area contributed by atoms with Gasteiger partial charge in [0.2, 0.25) is 11.9 Å². The van der Waals surface area contributed by atoms with Crippen molar-refractivity contribution in [2.75, 3.05) is 24.3 Å². The van der Waals surface area contributed by atoms with Crippen molar-refractivity contribution in [3.05, 3.63) is 69.5 Å². The summed E-state index contributed by atoms with van der Waals surface area (Å²) in [5, 5.41) is 15.8. The van der Waals surface area contributed by atoms with Gasteiger partial charge in [0.15, 0.2) is 0 Å². The van der Waals surface area contributed by atoms with Gasteiger partial charge in [-0.15, -0.1) is 0 Å². The number of hydrogen-bond donors (Lipinski definition) is 2. The number of aromatic nitrogens is 3. The van der Waals surface area contributed by atoms with Crippen molar-refractivity contribution in [1.29, 1.82) is 5.26 Å². The van der Waals surface area contributed by atoms with Crippen LogP contribution in [0.3, 0.4) is 0 Å². The first kappa shape index (κ1) is 21.3. The molecule has 8 nitrogen and oxygen atoms in total. The van der Waals surface area contributed by atoms with Crippen molar-refractivity contribution >= 4 is 46.8 Å². The molecule has 2 aromatic carbocycles. The Labute approximate surface area is 182 Å². The topological polar surface area (TPSA) is 113 Å². The average Bonchev–Trinajstić information content (AvgIpc) is 2.75. The minimum absolute atomic E-state index is 0.108. The van der Waals surface area contributed by atoms with Gasteiger partial charge in [0.05, 0.1) is 18.7 Å². The molecule has 3 rings (SSSR count). The fourth-order valence-corrected chi connectivity index (χ4v) is 3.00. The molecular formula is C20H16Cl2N6O2. The summed E-state index contributed by atoms with van der Waals surface area (Å²) < 4.78 is 4.63. The predicted octanol–water partition coefficient (Wildman–Crippen LogP) is 3.97. The van der Waals surface area contributed by atoms with Gasteiger partial charge >= 0.3 is 5.97 Å². The van der Waals surface area contributed by atoms with Crippen molar-refractivity contribution in [1.82, 2.24) is 15.0 Å². The van der Waals surface area contributed by atoms with Gasteiger partial charge in [-0.05, 0) is 42.0 Å². The number of nitrogens with zero attached hydrogens (tertiary/aromatic N) is 4. The van der Waals surface area contributed by atoms with Crippen molar-refractivity contribution in [3.63, 3.8) is 0 Å². The number of carbonyl (C=O) groups is 1. The van der Waals surface area contributed by atoms with Crippen LogP contribution in [0.15, 0.2) is 42.5 Å². The first-order valence-corrected chi connectivity index (χ1v) is 9.50. The molecule has 1 heterocycles. The van der Waals surface area contributed by atoms with E-state index in [1.54, 1.807) is 42.5 Å². The van der Waals surface area contributed by atoms with Gasteiger partial charge in [-0.25, -0.2) is 0 Å². The summed E-state index contributed by atoms with van der Waals surface area (Å²) in [6.45, 7) is -0.108. The molecule has 0 spiro atoms. The van der Waals surface area contributed by atoms with Gasteiger partial charge in [0.25, 0.3) is 0 Å². The summed E-state index contributed by atoms with van der Waals surface area (Å²) in [6, 6.07) is 14.1. The van der Waals surface area contributed by atoms with E-state index in [0.29, 0.717) is 32.7 Å². The van der Waals surface area contributed by atoms with E-state index in [0.717, 1.165) is 0 Å². The summed E-state index contributed by atoms with van der Waals surface area (Å²) in [6.07, 6.45) is 0.260. The number of carbonyl (C=O) groups excluding carboxylic acids is 1. The molecule has 0 aliphatic heterocycles. The van der Waals surface area contributed by atoms with Gasteiger partial charge in [0.1, 0.15) is 12.4 Å². The molecule has 0 saturated heterocycles. The monoisotopic (exact) mass is 442 g/mol. The van der Waals surface area contributed by atoms with Gasteiger partial charge in [-0.3, -0.25) is 4.79 Å². The van der Waals surface area contributed by atoms with Crippen LogP contribution in [-0.2, 0) is 16.0 Å². The number of halogens is 2. The summed E-state index contributed by atoms with van der Waals surface area (Å²) in [5.41, 5.74) is 1.89. The molecule has 10 heteroatoms. The molecule has 0 fully saturated rings. The summed E-state index contributed by atoms with van der Waals surface area (Å²) in [4.78, 5) is 24.5. The average molecular weight is 443 g/mol. The number of hydrogen-bond acceptors (Lipinski definition) is 8. The molecule has 0 amide bonds. The largest absolute Gasteiger partial charge is 0.468 e. The highest BCUT2D eigenvalue weighted by Gasteiger charge is 2.13. The van der Waals surface area contributed by atoms with Crippen LogP contribution in [0.5, 0.6) is 0 Å². The van der Waals surface area contributed by atoms with E-state index in [2.05, 4.69) is 36.4 Å². The molecule has 1 aromatic heterocycles. The Morgan fingerprint density at radius 1 is 1.07 bits per heavy atom. The summed E-state index contributed by atoms with van der Waals surface area (Å²) >= 11 is 12.5. The third-order valence-corrected chi connectivity index (χ3v) is 4.68. The van der Waals surface area contributed by atoms with Crippen LogP contribution >= 0.6 is 23.2 Å². The third-order valence-electron chi connectivity index (χ3n) is 3.97. The predicted molar refractivity (Wildman–Crippen MR) is 114 cm³/mol. The molecule has 0 radical (unpaired) electrons. The van der Waals surface area contributed by atoms with Crippen LogP contribution in [-0.4, -0.2) is 34.6 Å². The van der Waals surface area contributed by atoms with E-state index in [9.17, 15) is 4.79 Å². The Balaban J connectivity index is 1.91. The number of rotatable bonds is 7. The molecule has 0 unspecified atom stereocenters. The number of nitrogens with one attached hydrogen (secondary N) is 2. The van der Waals surface area contributed by atoms with Gasteiger partial charge in [-0.1, -0.05) is 29.3 Å². The van der Waals surface area contributed by atoms with E-state index < -0.39 is 5.97 Å². The van der Waals surface area contributed by atoms with Crippen molar-refractivity contribution in [3.8, 4) is 6.07 Å². The number of esters is 1. The number of nitriles is 1. The van der Waals surface area contributed by atoms with Crippen LogP contribution < -0.4 is 10.6 Å². The number of ether oxygens (including phenoxy) is 1. The van der Waals surface area contributed by atoms with Crippen LogP contribution in [0.25, 0.3) is 0 Å². The first-order chi connectivity index (χ1) is 14.5. The number of methoxy groups -OCH3 is 1. The molecule has 0 bridgehead atoms. The van der Waals surface area contributed by atoms with E-state index in [1.807, 2.05) is 0 Å². The van der Waals surface area contributed by atoms with E-state index in [4.69, 9.17) is 28.5 Å². The number of benzene rings is 2. The lowest BCUT2D eigenvalue weighted by atomic mass is 10.1. The van der Waals surface area contributed by atoms with E-state index in [1.165, 1.54) is 7.11 Å². The zero-order chi connectivity index (χ0) is 21.5. The summed E-state index contributed by atoms with van der Waals surface area (Å²) in [5.74, 6) is 0.362. The molecular weight excluding hydrogens is 427 g/mol. The molecule has 0 atom stereocenters. The normalized spacial score (nSPS) is 10.2. The maximum absolute atomic E-state index is 11.5. The quantitative estimate of drug-likeness (QED) is 0.528. The standard InChI is InChI=1S/C20H16Cl2N6O2/c1-30-18(29)11-24-19-26-17(9-14-15(21)3-2-4-16(14)22)27-20(28-19)25-13-7-5-12(10-23)6-8-13/h2-8H,9,11H2,1H3,(H2,24,25,26,27,28). The lowest BCUT2D eigenvalue weighted by molar-refractivity contribution is -0.138. The summed E-state index contributed by atoms with van der Waals surface area (Å²) in [7, 11) is 1.29. The molecule has 30 heavy (non-hydrogen) atoms. The van der Waals surface area contributed by atoms with Crippen molar-refractivity contribution in [2.45, 2.75) is 6.42 Å². The van der Waals surface area contributed by atoms with E-state index in [-0.39, 0.29) is 24.9 Å². The minimum Gasteiger partial charge on any atom is -0.468 e. The van der Waals surface area contributed by atoms with Gasteiger partial charge < -0.3 is 15.4 Å². The Kier molecular flexibility index (Phi) is 7.01. The lowest BCUT2D eigenvalue weighted by Gasteiger charge is -2.11. The highest BCUT2D eigenvalue weighted by molar-refractivity contribution is 6.36. The molecule has 0 aliphatic carbocycles. The maximum atomic E-state index is 11.5. The van der Waals surface area contributed by atoms with Crippen LogP contribution in [0, 0.1) is 11.3 Å². The maximum Gasteiger partial charge on any atom is 0.325 e. The van der Waals surface area contributed by atoms with E-state index >= 15 is 0 Å². The SMILES string of the molecule is COC(=O)CNc1nc(Cc2c(Cl)cccc2Cl)nc(Nc2ccc(C#N)cc2)n1. The van der Waals surface area contributed by atoms with Gasteiger partial charge in [0, 0.05) is 22.2 Å². The van der Waals surface area contributed by atoms with Crippen LogP contribution in [0.4, 0.5) is 17.6 Å². The second-order valence-corrected chi connectivity index (χ2v) is 6.83.